The van der Waals surface area contributed by atoms with Crippen LogP contribution in [0.3, 0.4) is 0 Å². The Kier molecular flexibility index (Phi) is 3.33. The van der Waals surface area contributed by atoms with Gasteiger partial charge in [0.05, 0.1) is 11.4 Å². The summed E-state index contributed by atoms with van der Waals surface area (Å²) in [5.74, 6) is 0.566. The summed E-state index contributed by atoms with van der Waals surface area (Å²) >= 11 is 1.55. The largest absolute Gasteiger partial charge is 0.330 e. The number of nitrogens with zero attached hydrogens (tertiary/aromatic N) is 3. The monoisotopic (exact) mass is 269 g/mol. The molecule has 0 unspecified atom stereocenters. The van der Waals surface area contributed by atoms with Crippen LogP contribution in [0.2, 0.25) is 0 Å². The molecule has 1 aromatic carbocycles. The van der Waals surface area contributed by atoms with E-state index in [2.05, 4.69) is 25.6 Å². The van der Waals surface area contributed by atoms with E-state index in [0.717, 1.165) is 16.5 Å². The number of aromatic nitrogens is 3. The van der Waals surface area contributed by atoms with E-state index in [1.165, 1.54) is 0 Å². The predicted molar refractivity (Wildman–Crippen MR) is 77.2 cm³/mol. The second-order valence-electron chi connectivity index (χ2n) is 3.71. The zero-order valence-electron chi connectivity index (χ0n) is 9.95. The van der Waals surface area contributed by atoms with Crippen molar-refractivity contribution in [2.24, 2.45) is 0 Å². The molecule has 3 rings (SSSR count). The maximum Gasteiger partial charge on any atom is 0.227 e. The maximum atomic E-state index is 4.21. The number of anilines is 4. The molecule has 0 aliphatic rings. The number of para-hydroxylation sites is 2. The summed E-state index contributed by atoms with van der Waals surface area (Å²) in [6, 6.07) is 9.65. The lowest BCUT2D eigenvalue weighted by Crippen LogP contribution is -1.99. The van der Waals surface area contributed by atoms with Gasteiger partial charge in [0, 0.05) is 24.0 Å². The molecular weight excluding hydrogens is 258 g/mol. The summed E-state index contributed by atoms with van der Waals surface area (Å²) in [6.07, 6.45) is 5.17. The van der Waals surface area contributed by atoms with E-state index in [9.17, 15) is 0 Å². The van der Waals surface area contributed by atoms with Crippen LogP contribution in [0.4, 0.5) is 22.5 Å². The van der Waals surface area contributed by atoms with Gasteiger partial charge in [-0.2, -0.15) is 0 Å². The molecule has 0 fully saturated rings. The summed E-state index contributed by atoms with van der Waals surface area (Å²) in [5.41, 5.74) is 1.84. The fourth-order valence-corrected chi connectivity index (χ4v) is 2.13. The van der Waals surface area contributed by atoms with Gasteiger partial charge in [-0.15, -0.1) is 11.3 Å². The number of hydrogen-bond acceptors (Lipinski definition) is 6. The minimum Gasteiger partial charge on any atom is -0.330 e. The van der Waals surface area contributed by atoms with Gasteiger partial charge < -0.3 is 10.6 Å². The van der Waals surface area contributed by atoms with Crippen LogP contribution in [-0.2, 0) is 0 Å². The summed E-state index contributed by atoms with van der Waals surface area (Å²) < 4.78 is 0. The van der Waals surface area contributed by atoms with Crippen molar-refractivity contribution in [1.29, 1.82) is 0 Å². The first-order valence-corrected chi connectivity index (χ1v) is 6.59. The molecule has 0 amide bonds. The fraction of sp³-hybridized carbons (Fsp3) is 0. The quantitative estimate of drug-likeness (QED) is 0.760. The van der Waals surface area contributed by atoms with Gasteiger partial charge in [-0.1, -0.05) is 12.1 Å². The van der Waals surface area contributed by atoms with Crippen LogP contribution < -0.4 is 10.6 Å². The predicted octanol–water partition coefficient (Wildman–Crippen LogP) is 3.42. The Morgan fingerprint density at radius 3 is 2.21 bits per heavy atom. The maximum absolute atomic E-state index is 4.21. The molecule has 0 aliphatic carbocycles. The van der Waals surface area contributed by atoms with Crippen LogP contribution >= 0.6 is 11.3 Å². The smallest absolute Gasteiger partial charge is 0.227 e. The molecule has 0 spiro atoms. The highest BCUT2D eigenvalue weighted by atomic mass is 32.1. The van der Waals surface area contributed by atoms with Crippen LogP contribution in [0.15, 0.2) is 54.3 Å². The second-order valence-corrected chi connectivity index (χ2v) is 4.60. The Morgan fingerprint density at radius 1 is 0.789 bits per heavy atom. The van der Waals surface area contributed by atoms with Crippen molar-refractivity contribution in [2.45, 2.75) is 0 Å². The molecular formula is C13H11N5S. The molecule has 0 bridgehead atoms. The molecule has 2 aromatic heterocycles. The third-order valence-corrected chi connectivity index (χ3v) is 3.10. The van der Waals surface area contributed by atoms with E-state index in [1.54, 1.807) is 36.0 Å². The van der Waals surface area contributed by atoms with Crippen molar-refractivity contribution in [3.8, 4) is 0 Å². The zero-order chi connectivity index (χ0) is 12.9. The van der Waals surface area contributed by atoms with E-state index in [0.29, 0.717) is 5.95 Å². The number of thiazole rings is 1. The van der Waals surface area contributed by atoms with Gasteiger partial charge in [-0.3, -0.25) is 0 Å². The fourth-order valence-electron chi connectivity index (χ4n) is 1.59. The highest BCUT2D eigenvalue weighted by molar-refractivity contribution is 7.13. The minimum absolute atomic E-state index is 0.566. The Bertz CT molecular complexity index is 639. The van der Waals surface area contributed by atoms with Gasteiger partial charge in [0.15, 0.2) is 5.13 Å². The molecule has 0 saturated carbocycles. The van der Waals surface area contributed by atoms with Crippen LogP contribution in [0.25, 0.3) is 0 Å². The Morgan fingerprint density at radius 2 is 1.53 bits per heavy atom. The molecule has 5 nitrogen and oxygen atoms in total. The third-order valence-electron chi connectivity index (χ3n) is 2.41. The van der Waals surface area contributed by atoms with E-state index < -0.39 is 0 Å². The molecule has 0 saturated heterocycles. The minimum atomic E-state index is 0.566. The Labute approximate surface area is 114 Å². The van der Waals surface area contributed by atoms with E-state index in [1.807, 2.05) is 29.6 Å². The molecule has 0 atom stereocenters. The van der Waals surface area contributed by atoms with Crippen molar-refractivity contribution in [3.05, 3.63) is 54.3 Å². The lowest BCUT2D eigenvalue weighted by molar-refractivity contribution is 1.17. The van der Waals surface area contributed by atoms with Crippen molar-refractivity contribution in [1.82, 2.24) is 15.0 Å². The van der Waals surface area contributed by atoms with Gasteiger partial charge in [-0.25, -0.2) is 15.0 Å². The molecule has 6 heteroatoms. The highest BCUT2D eigenvalue weighted by Gasteiger charge is 2.04. The van der Waals surface area contributed by atoms with Crippen molar-refractivity contribution in [2.75, 3.05) is 10.6 Å². The number of benzene rings is 1. The lowest BCUT2D eigenvalue weighted by Gasteiger charge is -2.10. The van der Waals surface area contributed by atoms with E-state index in [-0.39, 0.29) is 0 Å². The highest BCUT2D eigenvalue weighted by Crippen LogP contribution is 2.27. The normalized spacial score (nSPS) is 10.1. The number of rotatable bonds is 4. The molecule has 2 heterocycles. The van der Waals surface area contributed by atoms with Crippen molar-refractivity contribution < 1.29 is 0 Å². The zero-order valence-corrected chi connectivity index (χ0v) is 10.8. The molecule has 0 aliphatic heterocycles. The average Bonchev–Trinajstić information content (AvgIpc) is 2.95. The first-order valence-electron chi connectivity index (χ1n) is 5.71. The SMILES string of the molecule is c1cnc(Nc2ccccc2Nc2nccs2)nc1. The van der Waals surface area contributed by atoms with Gasteiger partial charge in [-0.05, 0) is 18.2 Å². The second kappa shape index (κ2) is 5.45. The van der Waals surface area contributed by atoms with Crippen LogP contribution in [0, 0.1) is 0 Å². The molecule has 3 aromatic rings. The summed E-state index contributed by atoms with van der Waals surface area (Å²) in [5, 5.41) is 9.22. The van der Waals surface area contributed by atoms with E-state index in [4.69, 9.17) is 0 Å². The van der Waals surface area contributed by atoms with Crippen molar-refractivity contribution in [3.63, 3.8) is 0 Å². The molecule has 0 radical (unpaired) electrons. The summed E-state index contributed by atoms with van der Waals surface area (Å²) in [7, 11) is 0. The first-order chi connectivity index (χ1) is 9.42. The van der Waals surface area contributed by atoms with E-state index >= 15 is 0 Å². The molecule has 2 N–H and O–H groups in total. The van der Waals surface area contributed by atoms with Crippen LogP contribution in [0.1, 0.15) is 0 Å². The van der Waals surface area contributed by atoms with Gasteiger partial charge in [0.25, 0.3) is 0 Å². The van der Waals surface area contributed by atoms with Gasteiger partial charge >= 0.3 is 0 Å². The van der Waals surface area contributed by atoms with Crippen LogP contribution in [0.5, 0.6) is 0 Å². The topological polar surface area (TPSA) is 62.7 Å². The Hall–Kier alpha value is -2.47. The van der Waals surface area contributed by atoms with Crippen LogP contribution in [-0.4, -0.2) is 15.0 Å². The third kappa shape index (κ3) is 2.86. The Balaban J connectivity index is 1.85. The molecule has 94 valence electrons. The van der Waals surface area contributed by atoms with Gasteiger partial charge in [0.1, 0.15) is 0 Å². The average molecular weight is 269 g/mol. The number of nitrogens with one attached hydrogen (secondary N) is 2. The summed E-state index contributed by atoms with van der Waals surface area (Å²) in [6.45, 7) is 0. The van der Waals surface area contributed by atoms with Crippen molar-refractivity contribution >= 4 is 33.8 Å². The lowest BCUT2D eigenvalue weighted by atomic mass is 10.2. The summed E-state index contributed by atoms with van der Waals surface area (Å²) in [4.78, 5) is 12.5. The standard InChI is InChI=1S/C13H11N5S/c1-2-5-11(18-13-16-8-9-19-13)10(4-1)17-12-14-6-3-7-15-12/h1-9H,(H,16,18)(H,14,15,17). The first kappa shape index (κ1) is 11.6. The number of hydrogen-bond donors (Lipinski definition) is 2. The van der Waals surface area contributed by atoms with Gasteiger partial charge in [0.2, 0.25) is 5.95 Å². The molecule has 19 heavy (non-hydrogen) atoms.